The minimum atomic E-state index is -0.307. The van der Waals surface area contributed by atoms with E-state index < -0.39 is 0 Å². The van der Waals surface area contributed by atoms with E-state index in [0.29, 0.717) is 18.5 Å². The molecule has 14 heavy (non-hydrogen) atoms. The largest absolute Gasteiger partial charge is 0.352 e. The second kappa shape index (κ2) is 5.03. The number of amides is 1. The summed E-state index contributed by atoms with van der Waals surface area (Å²) in [5.74, 6) is -0.396. The van der Waals surface area contributed by atoms with Crippen LogP contribution in [0.3, 0.4) is 0 Å². The van der Waals surface area contributed by atoms with Gasteiger partial charge in [-0.1, -0.05) is 24.3 Å². The Morgan fingerprint density at radius 3 is 3.29 bits per heavy atom. The number of nitrogens with zero attached hydrogens (tertiary/aromatic N) is 1. The lowest BCUT2D eigenvalue weighted by Crippen LogP contribution is -2.29. The molecule has 1 aliphatic rings. The Labute approximate surface area is 83.4 Å². The number of nitriles is 1. The van der Waals surface area contributed by atoms with Crippen LogP contribution in [0.25, 0.3) is 0 Å². The zero-order valence-electron chi connectivity index (χ0n) is 7.86. The average Bonchev–Trinajstić information content (AvgIpc) is 2.26. The summed E-state index contributed by atoms with van der Waals surface area (Å²) >= 11 is 0. The highest BCUT2D eigenvalue weighted by Crippen LogP contribution is 2.15. The number of carbonyl (C=O) groups excluding carboxylic acids is 1. The summed E-state index contributed by atoms with van der Waals surface area (Å²) in [5, 5.41) is 11.4. The molecule has 0 aromatic heterocycles. The third-order valence-electron chi connectivity index (χ3n) is 1.93. The zero-order chi connectivity index (χ0) is 10.4. The van der Waals surface area contributed by atoms with Crippen LogP contribution in [0.1, 0.15) is 6.42 Å². The minimum Gasteiger partial charge on any atom is -0.352 e. The van der Waals surface area contributed by atoms with Crippen molar-refractivity contribution in [3.63, 3.8) is 0 Å². The van der Waals surface area contributed by atoms with Crippen LogP contribution in [0.5, 0.6) is 0 Å². The third kappa shape index (κ3) is 2.60. The van der Waals surface area contributed by atoms with Crippen molar-refractivity contribution in [2.45, 2.75) is 6.42 Å². The number of hydrogen-bond acceptors (Lipinski definition) is 2. The van der Waals surface area contributed by atoms with Crippen LogP contribution in [0.4, 0.5) is 0 Å². The third-order valence-corrected chi connectivity index (χ3v) is 1.93. The first-order valence-electron chi connectivity index (χ1n) is 4.44. The molecule has 3 heteroatoms. The van der Waals surface area contributed by atoms with Crippen LogP contribution < -0.4 is 5.32 Å². The summed E-state index contributed by atoms with van der Waals surface area (Å²) in [5.41, 5.74) is 0.645. The summed E-state index contributed by atoms with van der Waals surface area (Å²) < 4.78 is 0. The fraction of sp³-hybridized carbons (Fsp3) is 0.273. The number of carbonyl (C=O) groups is 1. The molecule has 0 aromatic carbocycles. The van der Waals surface area contributed by atoms with E-state index in [1.165, 1.54) is 0 Å². The molecular weight excluding hydrogens is 176 g/mol. The monoisotopic (exact) mass is 188 g/mol. The zero-order valence-corrected chi connectivity index (χ0v) is 7.86. The van der Waals surface area contributed by atoms with Crippen molar-refractivity contribution in [2.75, 3.05) is 6.54 Å². The molecule has 0 heterocycles. The van der Waals surface area contributed by atoms with E-state index >= 15 is 0 Å². The molecule has 0 spiro atoms. The summed E-state index contributed by atoms with van der Waals surface area (Å²) in [7, 11) is 0. The van der Waals surface area contributed by atoms with Gasteiger partial charge in [0.1, 0.15) is 0 Å². The van der Waals surface area contributed by atoms with Gasteiger partial charge in [0.2, 0.25) is 5.91 Å². The van der Waals surface area contributed by atoms with Gasteiger partial charge in [0.15, 0.2) is 0 Å². The summed E-state index contributed by atoms with van der Waals surface area (Å²) in [4.78, 5) is 11.5. The smallest absolute Gasteiger partial charge is 0.231 e. The van der Waals surface area contributed by atoms with Gasteiger partial charge in [0.25, 0.3) is 0 Å². The van der Waals surface area contributed by atoms with E-state index in [-0.39, 0.29) is 11.8 Å². The van der Waals surface area contributed by atoms with E-state index in [1.54, 1.807) is 18.2 Å². The van der Waals surface area contributed by atoms with Crippen molar-refractivity contribution < 1.29 is 4.79 Å². The van der Waals surface area contributed by atoms with Crippen LogP contribution >= 0.6 is 0 Å². The molecule has 1 N–H and O–H groups in total. The lowest BCUT2D eigenvalue weighted by Gasteiger charge is -2.11. The van der Waals surface area contributed by atoms with Crippen LogP contribution in [-0.2, 0) is 4.79 Å². The van der Waals surface area contributed by atoms with Crippen molar-refractivity contribution in [1.29, 1.82) is 5.26 Å². The Morgan fingerprint density at radius 1 is 1.86 bits per heavy atom. The van der Waals surface area contributed by atoms with Gasteiger partial charge in [-0.3, -0.25) is 4.79 Å². The molecule has 0 bridgehead atoms. The average molecular weight is 188 g/mol. The lowest BCUT2D eigenvalue weighted by molar-refractivity contribution is -0.122. The van der Waals surface area contributed by atoms with E-state index in [4.69, 9.17) is 5.26 Å². The van der Waals surface area contributed by atoms with Crippen molar-refractivity contribution >= 4 is 5.91 Å². The summed E-state index contributed by atoms with van der Waals surface area (Å²) in [6, 6.07) is 2.05. The molecule has 1 atom stereocenters. The molecule has 0 saturated heterocycles. The highest BCUT2D eigenvalue weighted by molar-refractivity contribution is 5.83. The van der Waals surface area contributed by atoms with Crippen molar-refractivity contribution in [1.82, 2.24) is 5.32 Å². The molecule has 0 radical (unpaired) electrons. The van der Waals surface area contributed by atoms with E-state index in [0.717, 1.165) is 0 Å². The van der Waals surface area contributed by atoms with Crippen molar-refractivity contribution in [3.05, 3.63) is 36.5 Å². The molecule has 1 amide bonds. The Morgan fingerprint density at radius 2 is 2.64 bits per heavy atom. The van der Waals surface area contributed by atoms with Crippen LogP contribution in [-0.4, -0.2) is 12.5 Å². The maximum Gasteiger partial charge on any atom is 0.231 e. The highest BCUT2D eigenvalue weighted by atomic mass is 16.1. The first-order chi connectivity index (χ1) is 6.77. The molecule has 0 saturated carbocycles. The van der Waals surface area contributed by atoms with Crippen LogP contribution in [0.2, 0.25) is 0 Å². The maximum atomic E-state index is 11.5. The fourth-order valence-electron chi connectivity index (χ4n) is 1.22. The van der Waals surface area contributed by atoms with Gasteiger partial charge in [-0.15, -0.1) is 6.58 Å². The first kappa shape index (κ1) is 10.3. The summed E-state index contributed by atoms with van der Waals surface area (Å²) in [6.45, 7) is 3.97. The Kier molecular flexibility index (Phi) is 3.69. The fourth-order valence-corrected chi connectivity index (χ4v) is 1.22. The predicted octanol–water partition coefficient (Wildman–Crippen LogP) is 1.31. The van der Waals surface area contributed by atoms with Gasteiger partial charge in [-0.05, 0) is 0 Å². The van der Waals surface area contributed by atoms with E-state index in [2.05, 4.69) is 18.0 Å². The molecule has 1 rings (SSSR count). The quantitative estimate of drug-likeness (QED) is 0.679. The Bertz CT molecular complexity index is 334. The van der Waals surface area contributed by atoms with Crippen LogP contribution in [0.15, 0.2) is 36.5 Å². The minimum absolute atomic E-state index is 0.0893. The second-order valence-electron chi connectivity index (χ2n) is 3.00. The van der Waals surface area contributed by atoms with E-state index in [9.17, 15) is 4.79 Å². The maximum absolute atomic E-state index is 11.5. The molecular formula is C11H12N2O. The van der Waals surface area contributed by atoms with Crippen molar-refractivity contribution in [2.24, 2.45) is 5.92 Å². The molecule has 1 unspecified atom stereocenters. The molecule has 1 aliphatic carbocycles. The van der Waals surface area contributed by atoms with Gasteiger partial charge in [-0.25, -0.2) is 0 Å². The number of hydrogen-bond donors (Lipinski definition) is 1. The molecule has 0 aliphatic heterocycles. The topological polar surface area (TPSA) is 52.9 Å². The Balaban J connectivity index is 2.60. The van der Waals surface area contributed by atoms with Gasteiger partial charge in [-0.2, -0.15) is 5.26 Å². The van der Waals surface area contributed by atoms with Gasteiger partial charge in [0, 0.05) is 18.5 Å². The predicted molar refractivity (Wildman–Crippen MR) is 54.1 cm³/mol. The lowest BCUT2D eigenvalue weighted by atomic mass is 9.97. The van der Waals surface area contributed by atoms with Gasteiger partial charge < -0.3 is 5.32 Å². The highest BCUT2D eigenvalue weighted by Gasteiger charge is 2.15. The van der Waals surface area contributed by atoms with Crippen molar-refractivity contribution in [3.8, 4) is 6.07 Å². The number of rotatable bonds is 3. The molecule has 0 aromatic rings. The van der Waals surface area contributed by atoms with Crippen LogP contribution in [0, 0.1) is 17.2 Å². The normalized spacial score (nSPS) is 19.4. The molecule has 0 fully saturated rings. The van der Waals surface area contributed by atoms with Gasteiger partial charge >= 0.3 is 0 Å². The number of allylic oxidation sites excluding steroid dienone is 2. The first-order valence-corrected chi connectivity index (χ1v) is 4.44. The summed E-state index contributed by atoms with van der Waals surface area (Å²) in [6.07, 6.45) is 7.59. The molecule has 3 nitrogen and oxygen atoms in total. The number of nitrogens with one attached hydrogen (secondary N) is 1. The standard InChI is InChI=1S/C11H12N2O/c1-2-6-13-11(14)10-5-3-4-9(7-10)8-12/h2-3,5,7,10H,1,4,6H2,(H,13,14). The SMILES string of the molecule is C=CCNC(=O)C1C=CCC(C#N)=C1. The van der Waals surface area contributed by atoms with Gasteiger partial charge in [0.05, 0.1) is 12.0 Å². The second-order valence-corrected chi connectivity index (χ2v) is 3.00. The molecule has 72 valence electrons. The van der Waals surface area contributed by atoms with E-state index in [1.807, 2.05) is 6.08 Å². The Hall–Kier alpha value is -1.82.